The van der Waals surface area contributed by atoms with Gasteiger partial charge in [0, 0.05) is 23.8 Å². The van der Waals surface area contributed by atoms with E-state index >= 15 is 0 Å². The molecule has 2 rings (SSSR count). The maximum absolute atomic E-state index is 13.2. The molecule has 1 aromatic rings. The Hall–Kier alpha value is -1.09. The Morgan fingerprint density at radius 1 is 1.44 bits per heavy atom. The van der Waals surface area contributed by atoms with Crippen molar-refractivity contribution < 1.29 is 4.39 Å². The molecule has 88 valence electrons. The van der Waals surface area contributed by atoms with Gasteiger partial charge in [-0.15, -0.1) is 0 Å². The molecular formula is C13H19FN2. The van der Waals surface area contributed by atoms with Crippen LogP contribution in [-0.4, -0.2) is 18.1 Å². The van der Waals surface area contributed by atoms with Gasteiger partial charge in [-0.3, -0.25) is 0 Å². The molecule has 0 aromatic heterocycles. The van der Waals surface area contributed by atoms with Crippen LogP contribution in [0.5, 0.6) is 0 Å². The van der Waals surface area contributed by atoms with E-state index in [1.165, 1.54) is 6.07 Å². The molecule has 1 aliphatic heterocycles. The van der Waals surface area contributed by atoms with E-state index in [2.05, 4.69) is 18.7 Å². The fourth-order valence-corrected chi connectivity index (χ4v) is 2.35. The highest BCUT2D eigenvalue weighted by molar-refractivity contribution is 5.49. The number of hydrogen-bond donors (Lipinski definition) is 1. The van der Waals surface area contributed by atoms with Gasteiger partial charge in [-0.1, -0.05) is 6.07 Å². The first-order valence-electron chi connectivity index (χ1n) is 5.78. The number of halogens is 1. The van der Waals surface area contributed by atoms with Gasteiger partial charge in [0.25, 0.3) is 0 Å². The lowest BCUT2D eigenvalue weighted by molar-refractivity contribution is 0.334. The molecule has 0 saturated carbocycles. The first kappa shape index (κ1) is 11.4. The van der Waals surface area contributed by atoms with Gasteiger partial charge in [-0.25, -0.2) is 4.39 Å². The zero-order chi connectivity index (χ0) is 11.8. The van der Waals surface area contributed by atoms with Crippen LogP contribution < -0.4 is 10.6 Å². The summed E-state index contributed by atoms with van der Waals surface area (Å²) in [7, 11) is 0. The van der Waals surface area contributed by atoms with E-state index in [-0.39, 0.29) is 17.4 Å². The van der Waals surface area contributed by atoms with Gasteiger partial charge in [0.1, 0.15) is 5.82 Å². The van der Waals surface area contributed by atoms with Gasteiger partial charge in [-0.2, -0.15) is 0 Å². The molecule has 0 amide bonds. The molecule has 2 N–H and O–H groups in total. The SMILES string of the molecule is CC1(C)CCC(N)CN1c1cccc(F)c1. The number of rotatable bonds is 1. The average molecular weight is 222 g/mol. The van der Waals surface area contributed by atoms with Crippen molar-refractivity contribution >= 4 is 5.69 Å². The van der Waals surface area contributed by atoms with E-state index in [1.54, 1.807) is 12.1 Å². The van der Waals surface area contributed by atoms with Crippen LogP contribution in [0.25, 0.3) is 0 Å². The lowest BCUT2D eigenvalue weighted by atomic mass is 9.88. The molecule has 1 aromatic carbocycles. The van der Waals surface area contributed by atoms with Crippen LogP contribution in [0, 0.1) is 5.82 Å². The van der Waals surface area contributed by atoms with Crippen LogP contribution in [0.3, 0.4) is 0 Å². The summed E-state index contributed by atoms with van der Waals surface area (Å²) in [5.41, 5.74) is 6.98. The van der Waals surface area contributed by atoms with Crippen molar-refractivity contribution in [1.29, 1.82) is 0 Å². The monoisotopic (exact) mass is 222 g/mol. The molecule has 1 atom stereocenters. The van der Waals surface area contributed by atoms with Gasteiger partial charge in [0.05, 0.1) is 0 Å². The standard InChI is InChI=1S/C13H19FN2/c1-13(2)7-6-11(15)9-16(13)12-5-3-4-10(14)8-12/h3-5,8,11H,6-7,9,15H2,1-2H3. The van der Waals surface area contributed by atoms with Crippen molar-refractivity contribution in [2.45, 2.75) is 38.3 Å². The number of hydrogen-bond acceptors (Lipinski definition) is 2. The van der Waals surface area contributed by atoms with E-state index in [4.69, 9.17) is 5.73 Å². The van der Waals surface area contributed by atoms with Crippen LogP contribution in [0.15, 0.2) is 24.3 Å². The highest BCUT2D eigenvalue weighted by Crippen LogP contribution is 2.32. The number of benzene rings is 1. The Morgan fingerprint density at radius 3 is 2.88 bits per heavy atom. The quantitative estimate of drug-likeness (QED) is 0.791. The summed E-state index contributed by atoms with van der Waals surface area (Å²) in [6.45, 7) is 5.17. The van der Waals surface area contributed by atoms with Crippen molar-refractivity contribution in [1.82, 2.24) is 0 Å². The van der Waals surface area contributed by atoms with Gasteiger partial charge in [-0.05, 0) is 44.9 Å². The van der Waals surface area contributed by atoms with Gasteiger partial charge in [0.2, 0.25) is 0 Å². The Bertz CT molecular complexity index is 376. The van der Waals surface area contributed by atoms with E-state index in [1.807, 2.05) is 6.07 Å². The molecule has 1 fully saturated rings. The number of anilines is 1. The van der Waals surface area contributed by atoms with E-state index in [0.717, 1.165) is 25.1 Å². The molecular weight excluding hydrogens is 203 g/mol. The van der Waals surface area contributed by atoms with Crippen LogP contribution in [-0.2, 0) is 0 Å². The fourth-order valence-electron chi connectivity index (χ4n) is 2.35. The summed E-state index contributed by atoms with van der Waals surface area (Å²) < 4.78 is 13.2. The molecule has 0 radical (unpaired) electrons. The van der Waals surface area contributed by atoms with Gasteiger partial charge in [0.15, 0.2) is 0 Å². The van der Waals surface area contributed by atoms with Crippen molar-refractivity contribution in [2.75, 3.05) is 11.4 Å². The van der Waals surface area contributed by atoms with Crippen LogP contribution in [0.1, 0.15) is 26.7 Å². The summed E-state index contributed by atoms with van der Waals surface area (Å²) in [4.78, 5) is 2.21. The predicted molar refractivity (Wildman–Crippen MR) is 65.0 cm³/mol. The third kappa shape index (κ3) is 2.19. The van der Waals surface area contributed by atoms with Crippen LogP contribution in [0.2, 0.25) is 0 Å². The summed E-state index contributed by atoms with van der Waals surface area (Å²) in [6, 6.07) is 6.94. The summed E-state index contributed by atoms with van der Waals surface area (Å²) >= 11 is 0. The molecule has 1 heterocycles. The highest BCUT2D eigenvalue weighted by atomic mass is 19.1. The Balaban J connectivity index is 2.30. The Morgan fingerprint density at radius 2 is 2.19 bits per heavy atom. The fraction of sp³-hybridized carbons (Fsp3) is 0.538. The molecule has 1 saturated heterocycles. The number of nitrogens with two attached hydrogens (primary N) is 1. The Kier molecular flexibility index (Phi) is 2.89. The summed E-state index contributed by atoms with van der Waals surface area (Å²) in [5.74, 6) is -0.188. The first-order chi connectivity index (χ1) is 7.49. The molecule has 2 nitrogen and oxygen atoms in total. The second-order valence-electron chi connectivity index (χ2n) is 5.20. The third-order valence-electron chi connectivity index (χ3n) is 3.39. The molecule has 0 aliphatic carbocycles. The van der Waals surface area contributed by atoms with Crippen molar-refractivity contribution in [3.05, 3.63) is 30.1 Å². The van der Waals surface area contributed by atoms with E-state index in [9.17, 15) is 4.39 Å². The van der Waals surface area contributed by atoms with Crippen molar-refractivity contribution in [3.8, 4) is 0 Å². The average Bonchev–Trinajstić information content (AvgIpc) is 2.22. The maximum atomic E-state index is 13.2. The van der Waals surface area contributed by atoms with E-state index < -0.39 is 0 Å². The lowest BCUT2D eigenvalue weighted by Gasteiger charge is -2.46. The zero-order valence-electron chi connectivity index (χ0n) is 9.91. The van der Waals surface area contributed by atoms with Crippen molar-refractivity contribution in [2.24, 2.45) is 5.73 Å². The third-order valence-corrected chi connectivity index (χ3v) is 3.39. The highest BCUT2D eigenvalue weighted by Gasteiger charge is 2.32. The van der Waals surface area contributed by atoms with Crippen LogP contribution in [0.4, 0.5) is 10.1 Å². The maximum Gasteiger partial charge on any atom is 0.125 e. The molecule has 1 aliphatic rings. The molecule has 0 spiro atoms. The topological polar surface area (TPSA) is 29.3 Å². The summed E-state index contributed by atoms with van der Waals surface area (Å²) in [6.07, 6.45) is 2.09. The molecule has 3 heteroatoms. The minimum absolute atomic E-state index is 0.0592. The van der Waals surface area contributed by atoms with Gasteiger partial charge >= 0.3 is 0 Å². The number of nitrogens with zero attached hydrogens (tertiary/aromatic N) is 1. The molecule has 16 heavy (non-hydrogen) atoms. The molecule has 1 unspecified atom stereocenters. The number of piperidine rings is 1. The second-order valence-corrected chi connectivity index (χ2v) is 5.20. The normalized spacial score (nSPS) is 24.5. The van der Waals surface area contributed by atoms with Gasteiger partial charge < -0.3 is 10.6 Å². The minimum atomic E-state index is -0.188. The molecule has 0 bridgehead atoms. The van der Waals surface area contributed by atoms with E-state index in [0.29, 0.717) is 0 Å². The largest absolute Gasteiger partial charge is 0.365 e. The second kappa shape index (κ2) is 4.06. The summed E-state index contributed by atoms with van der Waals surface area (Å²) in [5, 5.41) is 0. The Labute approximate surface area is 96.2 Å². The zero-order valence-corrected chi connectivity index (χ0v) is 9.91. The predicted octanol–water partition coefficient (Wildman–Crippen LogP) is 2.53. The minimum Gasteiger partial charge on any atom is -0.365 e. The smallest absolute Gasteiger partial charge is 0.125 e. The first-order valence-corrected chi connectivity index (χ1v) is 5.78. The van der Waals surface area contributed by atoms with Crippen LogP contribution >= 0.6 is 0 Å². The lowest BCUT2D eigenvalue weighted by Crippen LogP contribution is -2.54. The van der Waals surface area contributed by atoms with Crippen molar-refractivity contribution in [3.63, 3.8) is 0 Å².